The van der Waals surface area contributed by atoms with Crippen molar-refractivity contribution in [1.29, 1.82) is 0 Å². The molecule has 1 aliphatic heterocycles. The summed E-state index contributed by atoms with van der Waals surface area (Å²) in [4.78, 5) is 15.1. The molecule has 3 fully saturated rings. The molecule has 0 bridgehead atoms. The molecule has 1 saturated heterocycles. The van der Waals surface area contributed by atoms with Gasteiger partial charge < -0.3 is 9.47 Å². The normalized spacial score (nSPS) is 26.8. The van der Waals surface area contributed by atoms with E-state index in [1.807, 2.05) is 0 Å². The van der Waals surface area contributed by atoms with E-state index in [1.165, 1.54) is 51.4 Å². The van der Waals surface area contributed by atoms with Gasteiger partial charge in [0.15, 0.2) is 0 Å². The summed E-state index contributed by atoms with van der Waals surface area (Å²) in [5.74, 6) is 0.826. The Hall–Kier alpha value is -0.610. The summed E-state index contributed by atoms with van der Waals surface area (Å²) in [7, 11) is 0. The minimum absolute atomic E-state index is 0.0912. The van der Waals surface area contributed by atoms with Crippen LogP contribution in [-0.4, -0.2) is 49.8 Å². The molecule has 0 N–H and O–H groups in total. The van der Waals surface area contributed by atoms with Crippen molar-refractivity contribution in [2.45, 2.75) is 70.3 Å². The van der Waals surface area contributed by atoms with Gasteiger partial charge in [-0.2, -0.15) is 0 Å². The molecular weight excluding hydrogens is 290 g/mol. The van der Waals surface area contributed by atoms with Crippen LogP contribution in [0, 0.1) is 11.8 Å². The number of carbonyl (C=O) groups excluding carboxylic acids is 1. The van der Waals surface area contributed by atoms with E-state index in [4.69, 9.17) is 9.47 Å². The van der Waals surface area contributed by atoms with Crippen molar-refractivity contribution in [3.05, 3.63) is 0 Å². The first kappa shape index (κ1) is 17.2. The zero-order valence-corrected chi connectivity index (χ0v) is 14.5. The summed E-state index contributed by atoms with van der Waals surface area (Å²) < 4.78 is 11.6. The van der Waals surface area contributed by atoms with Crippen molar-refractivity contribution < 1.29 is 14.3 Å². The van der Waals surface area contributed by atoms with Crippen molar-refractivity contribution in [1.82, 2.24) is 4.90 Å². The van der Waals surface area contributed by atoms with Gasteiger partial charge in [-0.3, -0.25) is 9.69 Å². The third-order valence-corrected chi connectivity index (χ3v) is 5.92. The molecule has 2 saturated carbocycles. The number of morpholine rings is 1. The highest BCUT2D eigenvalue weighted by Gasteiger charge is 2.32. The lowest BCUT2D eigenvalue weighted by Gasteiger charge is -2.36. The van der Waals surface area contributed by atoms with E-state index in [1.54, 1.807) is 0 Å². The molecule has 1 atom stereocenters. The van der Waals surface area contributed by atoms with Crippen molar-refractivity contribution in [2.24, 2.45) is 11.8 Å². The summed E-state index contributed by atoms with van der Waals surface area (Å²) in [5, 5.41) is 0. The second kappa shape index (κ2) is 9.03. The third-order valence-electron chi connectivity index (χ3n) is 5.92. The molecule has 23 heavy (non-hydrogen) atoms. The monoisotopic (exact) mass is 323 g/mol. The van der Waals surface area contributed by atoms with E-state index in [2.05, 4.69) is 4.90 Å². The van der Waals surface area contributed by atoms with Crippen molar-refractivity contribution in [3.63, 3.8) is 0 Å². The van der Waals surface area contributed by atoms with Gasteiger partial charge in [-0.15, -0.1) is 0 Å². The van der Waals surface area contributed by atoms with Gasteiger partial charge in [0.1, 0.15) is 6.10 Å². The van der Waals surface area contributed by atoms with Gasteiger partial charge in [-0.1, -0.05) is 38.5 Å². The quantitative estimate of drug-likeness (QED) is 0.727. The Kier molecular flexibility index (Phi) is 6.76. The molecular formula is C19H33NO3. The molecule has 0 aromatic heterocycles. The van der Waals surface area contributed by atoms with Gasteiger partial charge in [0, 0.05) is 19.6 Å². The number of hydrogen-bond acceptors (Lipinski definition) is 4. The molecule has 2 aliphatic carbocycles. The molecule has 1 unspecified atom stereocenters. The molecule has 1 heterocycles. The number of carbonyl (C=O) groups is 1. The lowest BCUT2D eigenvalue weighted by molar-refractivity contribution is -0.160. The van der Waals surface area contributed by atoms with Crippen LogP contribution in [0.3, 0.4) is 0 Å². The average Bonchev–Trinajstić information content (AvgIpc) is 2.63. The molecule has 0 amide bonds. The lowest BCUT2D eigenvalue weighted by Crippen LogP contribution is -2.45. The zero-order valence-electron chi connectivity index (χ0n) is 14.5. The second-order valence-electron chi connectivity index (χ2n) is 7.62. The highest BCUT2D eigenvalue weighted by atomic mass is 16.5. The average molecular weight is 323 g/mol. The van der Waals surface area contributed by atoms with Crippen molar-refractivity contribution in [2.75, 3.05) is 32.8 Å². The fourth-order valence-electron chi connectivity index (χ4n) is 4.41. The number of esters is 1. The van der Waals surface area contributed by atoms with E-state index < -0.39 is 0 Å². The second-order valence-corrected chi connectivity index (χ2v) is 7.62. The van der Waals surface area contributed by atoms with E-state index in [0.29, 0.717) is 5.92 Å². The van der Waals surface area contributed by atoms with Crippen LogP contribution in [-0.2, 0) is 14.3 Å². The van der Waals surface area contributed by atoms with Crippen LogP contribution >= 0.6 is 0 Å². The predicted octanol–water partition coefficient (Wildman–Crippen LogP) is 3.39. The predicted molar refractivity (Wildman–Crippen MR) is 90.3 cm³/mol. The number of nitrogens with zero attached hydrogens (tertiary/aromatic N) is 1. The fourth-order valence-corrected chi connectivity index (χ4v) is 4.41. The molecule has 0 spiro atoms. The number of ether oxygens (including phenoxy) is 2. The molecule has 0 aromatic carbocycles. The maximum absolute atomic E-state index is 12.6. The van der Waals surface area contributed by atoms with E-state index in [0.717, 1.165) is 45.7 Å². The zero-order chi connectivity index (χ0) is 15.9. The van der Waals surface area contributed by atoms with Gasteiger partial charge in [-0.05, 0) is 31.6 Å². The topological polar surface area (TPSA) is 38.8 Å². The van der Waals surface area contributed by atoms with Gasteiger partial charge in [0.25, 0.3) is 0 Å². The van der Waals surface area contributed by atoms with Gasteiger partial charge in [0.2, 0.25) is 0 Å². The van der Waals surface area contributed by atoms with E-state index in [-0.39, 0.29) is 18.0 Å². The standard InChI is InChI=1S/C19H33NO3/c21-19(17-9-5-2-6-10-17)23-18(16-7-3-1-4-8-16)15-20-11-13-22-14-12-20/h16-18H,1-15H2. The number of rotatable bonds is 5. The summed E-state index contributed by atoms with van der Waals surface area (Å²) in [5.41, 5.74) is 0. The first-order valence-electron chi connectivity index (χ1n) is 9.83. The van der Waals surface area contributed by atoms with Crippen LogP contribution in [0.15, 0.2) is 0 Å². The molecule has 132 valence electrons. The molecule has 4 nitrogen and oxygen atoms in total. The fraction of sp³-hybridized carbons (Fsp3) is 0.947. The summed E-state index contributed by atoms with van der Waals surface area (Å²) >= 11 is 0. The molecule has 4 heteroatoms. The van der Waals surface area contributed by atoms with Crippen LogP contribution in [0.4, 0.5) is 0 Å². The lowest BCUT2D eigenvalue weighted by atomic mass is 9.84. The minimum Gasteiger partial charge on any atom is -0.460 e. The Labute approximate surface area is 140 Å². The smallest absolute Gasteiger partial charge is 0.309 e. The molecule has 3 aliphatic rings. The van der Waals surface area contributed by atoms with Crippen LogP contribution in [0.2, 0.25) is 0 Å². The third kappa shape index (κ3) is 5.18. The maximum Gasteiger partial charge on any atom is 0.309 e. The molecule has 3 rings (SSSR count). The van der Waals surface area contributed by atoms with Crippen LogP contribution in [0.5, 0.6) is 0 Å². The van der Waals surface area contributed by atoms with Crippen molar-refractivity contribution in [3.8, 4) is 0 Å². The Morgan fingerprint density at radius 1 is 0.957 bits per heavy atom. The Morgan fingerprint density at radius 2 is 1.57 bits per heavy atom. The Bertz CT molecular complexity index is 356. The Balaban J connectivity index is 1.57. The van der Waals surface area contributed by atoms with Gasteiger partial charge in [-0.25, -0.2) is 0 Å². The summed E-state index contributed by atoms with van der Waals surface area (Å²) in [6, 6.07) is 0. The van der Waals surface area contributed by atoms with E-state index in [9.17, 15) is 4.79 Å². The first-order chi connectivity index (χ1) is 11.3. The highest BCUT2D eigenvalue weighted by molar-refractivity contribution is 5.72. The Morgan fingerprint density at radius 3 is 2.22 bits per heavy atom. The minimum atomic E-state index is 0.0912. The largest absolute Gasteiger partial charge is 0.460 e. The summed E-state index contributed by atoms with van der Waals surface area (Å²) in [6.07, 6.45) is 12.2. The van der Waals surface area contributed by atoms with E-state index >= 15 is 0 Å². The first-order valence-corrected chi connectivity index (χ1v) is 9.83. The highest BCUT2D eigenvalue weighted by Crippen LogP contribution is 2.31. The van der Waals surface area contributed by atoms with Crippen LogP contribution in [0.25, 0.3) is 0 Å². The number of hydrogen-bond donors (Lipinski definition) is 0. The molecule has 0 radical (unpaired) electrons. The van der Waals surface area contributed by atoms with Crippen LogP contribution in [0.1, 0.15) is 64.2 Å². The van der Waals surface area contributed by atoms with Crippen LogP contribution < -0.4 is 0 Å². The van der Waals surface area contributed by atoms with Crippen molar-refractivity contribution >= 4 is 5.97 Å². The maximum atomic E-state index is 12.6. The SMILES string of the molecule is O=C(OC(CN1CCOCC1)C1CCCCC1)C1CCCCC1. The summed E-state index contributed by atoms with van der Waals surface area (Å²) in [6.45, 7) is 4.49. The molecule has 0 aromatic rings. The van der Waals surface area contributed by atoms with Gasteiger partial charge in [0.05, 0.1) is 19.1 Å². The van der Waals surface area contributed by atoms with Gasteiger partial charge >= 0.3 is 5.97 Å².